The molecule has 1 aromatic heterocycles. The largest absolute Gasteiger partial charge is 0.493 e. The molecule has 3 atom stereocenters. The van der Waals surface area contributed by atoms with E-state index >= 15 is 0 Å². The fourth-order valence-electron chi connectivity index (χ4n) is 5.37. The van der Waals surface area contributed by atoms with E-state index in [9.17, 15) is 9.59 Å². The summed E-state index contributed by atoms with van der Waals surface area (Å²) < 4.78 is 11.1. The Hall–Kier alpha value is -3.39. The molecule has 3 aliphatic rings. The predicted octanol–water partition coefficient (Wildman–Crippen LogP) is 4.61. The van der Waals surface area contributed by atoms with Gasteiger partial charge in [-0.2, -0.15) is 0 Å². The minimum Gasteiger partial charge on any atom is -0.493 e. The zero-order valence-corrected chi connectivity index (χ0v) is 20.6. The van der Waals surface area contributed by atoms with E-state index in [0.29, 0.717) is 43.0 Å². The molecule has 2 fully saturated rings. The number of aryl methyl sites for hydroxylation is 2. The number of ether oxygens (including phenoxy) is 2. The maximum Gasteiger partial charge on any atom is 0.412 e. The fourth-order valence-corrected chi connectivity index (χ4v) is 6.27. The Labute approximate surface area is 208 Å². The molecule has 0 unspecified atom stereocenters. The summed E-state index contributed by atoms with van der Waals surface area (Å²) in [6.45, 7) is 5.64. The van der Waals surface area contributed by atoms with Crippen molar-refractivity contribution in [2.45, 2.75) is 32.7 Å². The highest BCUT2D eigenvalue weighted by Crippen LogP contribution is 2.50. The van der Waals surface area contributed by atoms with Crippen LogP contribution in [0, 0.1) is 25.7 Å². The zero-order chi connectivity index (χ0) is 24.1. The summed E-state index contributed by atoms with van der Waals surface area (Å²) in [6.07, 6.45) is 1.31. The summed E-state index contributed by atoms with van der Waals surface area (Å²) in [5, 5.41) is 3.77. The second kappa shape index (κ2) is 8.68. The highest BCUT2D eigenvalue weighted by atomic mass is 32.1. The number of likely N-dealkylation sites (tertiary alicyclic amines) is 1. The average molecular weight is 490 g/mol. The Morgan fingerprint density at radius 1 is 1.23 bits per heavy atom. The van der Waals surface area contributed by atoms with Crippen LogP contribution in [0.1, 0.15) is 33.0 Å². The molecule has 3 heterocycles. The first-order chi connectivity index (χ1) is 17.0. The van der Waals surface area contributed by atoms with Crippen molar-refractivity contribution in [3.05, 3.63) is 64.3 Å². The molecule has 180 valence electrons. The molecule has 2 aliphatic heterocycles. The van der Waals surface area contributed by atoms with Crippen LogP contribution in [-0.2, 0) is 6.42 Å². The third-order valence-corrected chi connectivity index (χ3v) is 8.16. The highest BCUT2D eigenvalue weighted by molar-refractivity contribution is 7.15. The molecular formula is C27H27N3O4S. The van der Waals surface area contributed by atoms with E-state index in [1.54, 1.807) is 17.4 Å². The first kappa shape index (κ1) is 22.1. The maximum atomic E-state index is 13.7. The molecule has 0 bridgehead atoms. The zero-order valence-electron chi connectivity index (χ0n) is 19.7. The minimum atomic E-state index is -0.508. The quantitative estimate of drug-likeness (QED) is 0.566. The molecule has 35 heavy (non-hydrogen) atoms. The standard InChI is InChI=1S/C27H27N3O4S/c1-15-5-3-6-17(11-15)25-24(29-16(2)35-25)26(31)30-14-18-12-20(18)21(30)13-28-27(32)34-23-8-4-7-22-19(23)9-10-33-22/h3-8,11,18,20-21H,9-10,12-14H2,1-2H3,(H,28,32)/t18-,20-,21+/m0/s1. The van der Waals surface area contributed by atoms with Crippen molar-refractivity contribution in [3.63, 3.8) is 0 Å². The van der Waals surface area contributed by atoms with Gasteiger partial charge in [0.2, 0.25) is 0 Å². The lowest BCUT2D eigenvalue weighted by molar-refractivity contribution is 0.0700. The van der Waals surface area contributed by atoms with Crippen LogP contribution >= 0.6 is 11.3 Å². The Kier molecular flexibility index (Phi) is 5.48. The van der Waals surface area contributed by atoms with Crippen molar-refractivity contribution in [3.8, 4) is 21.9 Å². The van der Waals surface area contributed by atoms with E-state index in [0.717, 1.165) is 45.2 Å². The number of amides is 2. The number of fused-ring (bicyclic) bond motifs is 2. The minimum absolute atomic E-state index is 0.0581. The van der Waals surface area contributed by atoms with Crippen LogP contribution < -0.4 is 14.8 Å². The number of hydrogen-bond donors (Lipinski definition) is 1. The Bertz CT molecular complexity index is 1320. The van der Waals surface area contributed by atoms with Gasteiger partial charge in [-0.15, -0.1) is 11.3 Å². The second-order valence-corrected chi connectivity index (χ2v) is 10.8. The number of carbonyl (C=O) groups excluding carboxylic acids is 2. The highest BCUT2D eigenvalue weighted by Gasteiger charge is 2.54. The van der Waals surface area contributed by atoms with Crippen LogP contribution in [0.5, 0.6) is 11.5 Å². The summed E-state index contributed by atoms with van der Waals surface area (Å²) in [5.41, 5.74) is 3.59. The number of rotatable bonds is 5. The Balaban J connectivity index is 1.17. The first-order valence-corrected chi connectivity index (χ1v) is 12.9. The van der Waals surface area contributed by atoms with Crippen molar-refractivity contribution in [1.82, 2.24) is 15.2 Å². The predicted molar refractivity (Wildman–Crippen MR) is 133 cm³/mol. The van der Waals surface area contributed by atoms with Gasteiger partial charge in [-0.25, -0.2) is 9.78 Å². The van der Waals surface area contributed by atoms with Crippen LogP contribution in [0.2, 0.25) is 0 Å². The number of nitrogens with zero attached hydrogens (tertiary/aromatic N) is 2. The number of nitrogens with one attached hydrogen (secondary N) is 1. The molecule has 7 nitrogen and oxygen atoms in total. The normalized spacial score (nSPS) is 21.8. The van der Waals surface area contributed by atoms with Crippen LogP contribution in [0.15, 0.2) is 42.5 Å². The van der Waals surface area contributed by atoms with Gasteiger partial charge < -0.3 is 19.7 Å². The van der Waals surface area contributed by atoms with Gasteiger partial charge in [-0.1, -0.05) is 35.9 Å². The number of piperidine rings is 1. The number of benzene rings is 2. The van der Waals surface area contributed by atoms with Gasteiger partial charge in [-0.3, -0.25) is 4.79 Å². The summed E-state index contributed by atoms with van der Waals surface area (Å²) in [6, 6.07) is 13.6. The summed E-state index contributed by atoms with van der Waals surface area (Å²) in [7, 11) is 0. The van der Waals surface area contributed by atoms with Gasteiger partial charge in [0.1, 0.15) is 17.2 Å². The fraction of sp³-hybridized carbons (Fsp3) is 0.370. The first-order valence-electron chi connectivity index (χ1n) is 12.0. The van der Waals surface area contributed by atoms with Crippen molar-refractivity contribution in [2.24, 2.45) is 11.8 Å². The van der Waals surface area contributed by atoms with E-state index in [1.807, 2.05) is 49.1 Å². The van der Waals surface area contributed by atoms with Crippen LogP contribution in [-0.4, -0.2) is 47.6 Å². The van der Waals surface area contributed by atoms with Gasteiger partial charge in [-0.05, 0) is 49.8 Å². The van der Waals surface area contributed by atoms with Crippen LogP contribution in [0.25, 0.3) is 10.4 Å². The molecule has 1 saturated heterocycles. The van der Waals surface area contributed by atoms with Gasteiger partial charge in [0.05, 0.1) is 22.5 Å². The third-order valence-electron chi connectivity index (χ3n) is 7.14. The molecule has 0 spiro atoms. The SMILES string of the molecule is Cc1cccc(-c2sc(C)nc2C(=O)N2C[C@@H]3C[C@@H]3[C@H]2CNC(=O)Oc2cccc3c2CCO3)c1. The summed E-state index contributed by atoms with van der Waals surface area (Å²) in [5.74, 6) is 2.15. The van der Waals surface area contributed by atoms with Gasteiger partial charge in [0.25, 0.3) is 5.91 Å². The van der Waals surface area contributed by atoms with E-state index in [2.05, 4.69) is 16.4 Å². The lowest BCUT2D eigenvalue weighted by Crippen LogP contribution is -2.46. The van der Waals surface area contributed by atoms with Gasteiger partial charge in [0.15, 0.2) is 0 Å². The van der Waals surface area contributed by atoms with Gasteiger partial charge >= 0.3 is 6.09 Å². The number of hydrogen-bond acceptors (Lipinski definition) is 6. The van der Waals surface area contributed by atoms with Gasteiger partial charge in [0, 0.05) is 25.1 Å². The molecular weight excluding hydrogens is 462 g/mol. The Morgan fingerprint density at radius 2 is 2.09 bits per heavy atom. The van der Waals surface area contributed by atoms with E-state index in [4.69, 9.17) is 9.47 Å². The molecule has 2 aromatic carbocycles. The molecule has 0 radical (unpaired) electrons. The van der Waals surface area contributed by atoms with Crippen molar-refractivity contribution < 1.29 is 19.1 Å². The number of thiazole rings is 1. The lowest BCUT2D eigenvalue weighted by Gasteiger charge is -2.27. The molecule has 8 heteroatoms. The monoisotopic (exact) mass is 489 g/mol. The smallest absolute Gasteiger partial charge is 0.412 e. The van der Waals surface area contributed by atoms with Crippen molar-refractivity contribution in [1.29, 1.82) is 0 Å². The molecule has 2 amide bonds. The number of carbonyl (C=O) groups is 2. The molecule has 1 N–H and O–H groups in total. The van der Waals surface area contributed by atoms with Crippen LogP contribution in [0.4, 0.5) is 4.79 Å². The summed E-state index contributed by atoms with van der Waals surface area (Å²) in [4.78, 5) is 33.7. The van der Waals surface area contributed by atoms with E-state index < -0.39 is 6.09 Å². The molecule has 3 aromatic rings. The average Bonchev–Trinajstić information content (AvgIpc) is 3.16. The number of aromatic nitrogens is 1. The van der Waals surface area contributed by atoms with E-state index in [-0.39, 0.29) is 11.9 Å². The third kappa shape index (κ3) is 4.16. The second-order valence-electron chi connectivity index (χ2n) is 9.57. The lowest BCUT2D eigenvalue weighted by atomic mass is 10.1. The maximum absolute atomic E-state index is 13.7. The Morgan fingerprint density at radius 3 is 2.94 bits per heavy atom. The topological polar surface area (TPSA) is 80.8 Å². The van der Waals surface area contributed by atoms with E-state index in [1.165, 1.54) is 0 Å². The molecule has 6 rings (SSSR count). The van der Waals surface area contributed by atoms with Crippen molar-refractivity contribution >= 4 is 23.3 Å². The molecule has 1 saturated carbocycles. The van der Waals surface area contributed by atoms with Crippen molar-refractivity contribution in [2.75, 3.05) is 19.7 Å². The van der Waals surface area contributed by atoms with Crippen LogP contribution in [0.3, 0.4) is 0 Å². The summed E-state index contributed by atoms with van der Waals surface area (Å²) >= 11 is 1.55. The molecule has 1 aliphatic carbocycles.